The molecule has 0 saturated carbocycles. The fraction of sp³-hybridized carbons (Fsp3) is 0.471. The lowest BCUT2D eigenvalue weighted by molar-refractivity contribution is -0.136. The van der Waals surface area contributed by atoms with E-state index in [1.54, 1.807) is 62.4 Å². The van der Waals surface area contributed by atoms with Crippen LogP contribution in [0, 0.1) is 24.2 Å². The number of carbonyl (C=O) groups is 4. The van der Waals surface area contributed by atoms with Crippen molar-refractivity contribution in [3.8, 4) is 23.8 Å². The molecule has 2 atom stereocenters. The van der Waals surface area contributed by atoms with Crippen LogP contribution in [0.15, 0.2) is 65.8 Å². The molecule has 48 heavy (non-hydrogen) atoms. The van der Waals surface area contributed by atoms with Gasteiger partial charge < -0.3 is 34.3 Å². The van der Waals surface area contributed by atoms with E-state index in [-0.39, 0.29) is 61.7 Å². The maximum Gasteiger partial charge on any atom is 0.311 e. The number of hydrogen-bond donors (Lipinski definition) is 2. The first kappa shape index (κ1) is 41.1. The van der Waals surface area contributed by atoms with Crippen LogP contribution in [0.3, 0.4) is 0 Å². The van der Waals surface area contributed by atoms with E-state index in [2.05, 4.69) is 26.6 Å². The molecule has 0 heterocycles. The molecule has 0 fully saturated rings. The molecule has 14 nitrogen and oxygen atoms in total. The largest absolute Gasteiger partial charge is 0.427 e. The van der Waals surface area contributed by atoms with E-state index in [0.717, 1.165) is 0 Å². The molecule has 0 bridgehead atoms. The van der Waals surface area contributed by atoms with Gasteiger partial charge in [0.1, 0.15) is 18.2 Å². The molecule has 2 N–H and O–H groups in total. The number of esters is 2. The van der Waals surface area contributed by atoms with Crippen molar-refractivity contribution in [2.24, 2.45) is 17.0 Å². The number of benzene rings is 2. The smallest absolute Gasteiger partial charge is 0.311 e. The van der Waals surface area contributed by atoms with Gasteiger partial charge >= 0.3 is 11.9 Å². The molecule has 0 radical (unpaired) electrons. The summed E-state index contributed by atoms with van der Waals surface area (Å²) in [5, 5.41) is 8.57. The van der Waals surface area contributed by atoms with Gasteiger partial charge in [0.2, 0.25) is 11.8 Å². The van der Waals surface area contributed by atoms with Crippen molar-refractivity contribution >= 4 is 23.8 Å². The number of ether oxygens (including phenoxy) is 5. The maximum atomic E-state index is 12.0. The van der Waals surface area contributed by atoms with E-state index in [0.29, 0.717) is 63.9 Å². The normalized spacial score (nSPS) is 11.3. The Morgan fingerprint density at radius 3 is 1.69 bits per heavy atom. The summed E-state index contributed by atoms with van der Waals surface area (Å²) in [6, 6.07) is 17.7. The molecule has 2 rings (SSSR count). The summed E-state index contributed by atoms with van der Waals surface area (Å²) in [5.41, 5.74) is 8.09. The minimum Gasteiger partial charge on any atom is -0.427 e. The lowest BCUT2D eigenvalue weighted by Gasteiger charge is -2.12. The van der Waals surface area contributed by atoms with E-state index in [1.165, 1.54) is 0 Å². The van der Waals surface area contributed by atoms with Gasteiger partial charge in [0.15, 0.2) is 0 Å². The van der Waals surface area contributed by atoms with E-state index in [4.69, 9.17) is 35.6 Å². The highest BCUT2D eigenvalue weighted by molar-refractivity contribution is 5.80. The molecule has 0 aliphatic heterocycles. The Morgan fingerprint density at radius 1 is 0.750 bits per heavy atom. The summed E-state index contributed by atoms with van der Waals surface area (Å²) < 4.78 is 26.0. The Bertz CT molecular complexity index is 1300. The zero-order chi connectivity index (χ0) is 35.2. The fourth-order valence-electron chi connectivity index (χ4n) is 3.54. The maximum absolute atomic E-state index is 12.0. The lowest BCUT2D eigenvalue weighted by Crippen LogP contribution is -2.32. The summed E-state index contributed by atoms with van der Waals surface area (Å²) in [7, 11) is 0. The predicted octanol–water partition coefficient (Wildman–Crippen LogP) is 4.20. The number of nitrogens with zero attached hydrogens (tertiary/aromatic N) is 3. The molecule has 0 aromatic heterocycles. The third-order valence-electron chi connectivity index (χ3n) is 6.26. The molecule has 2 amide bonds. The fourth-order valence-corrected chi connectivity index (χ4v) is 3.54. The van der Waals surface area contributed by atoms with Crippen LogP contribution < -0.4 is 20.1 Å². The van der Waals surface area contributed by atoms with E-state index in [1.807, 2.05) is 12.1 Å². The predicted molar refractivity (Wildman–Crippen MR) is 177 cm³/mol. The van der Waals surface area contributed by atoms with E-state index in [9.17, 15) is 19.2 Å². The number of carbonyl (C=O) groups excluding carboxylic acids is 4. The second-order valence-corrected chi connectivity index (χ2v) is 10.1. The second-order valence-electron chi connectivity index (χ2n) is 10.1. The van der Waals surface area contributed by atoms with Crippen LogP contribution in [0.2, 0.25) is 0 Å². The van der Waals surface area contributed by atoms with Gasteiger partial charge in [-0.15, -0.1) is 6.42 Å². The third kappa shape index (κ3) is 21.7. The van der Waals surface area contributed by atoms with Gasteiger partial charge in [-0.1, -0.05) is 61.3 Å². The van der Waals surface area contributed by atoms with Crippen LogP contribution in [-0.4, -0.2) is 76.6 Å². The Morgan fingerprint density at radius 2 is 1.21 bits per heavy atom. The highest BCUT2D eigenvalue weighted by Crippen LogP contribution is 2.13. The van der Waals surface area contributed by atoms with Crippen molar-refractivity contribution in [1.82, 2.24) is 10.6 Å². The summed E-state index contributed by atoms with van der Waals surface area (Å²) in [6.45, 7) is 5.94. The number of azide groups is 1. The van der Waals surface area contributed by atoms with Crippen molar-refractivity contribution in [1.29, 1.82) is 0 Å². The number of terminal acetylenes is 1. The summed E-state index contributed by atoms with van der Waals surface area (Å²) in [4.78, 5) is 49.5. The van der Waals surface area contributed by atoms with Crippen LogP contribution >= 0.6 is 0 Å². The highest BCUT2D eigenvalue weighted by atomic mass is 16.5. The van der Waals surface area contributed by atoms with E-state index >= 15 is 0 Å². The first-order chi connectivity index (χ1) is 23.3. The number of nitrogens with one attached hydrogen (secondary N) is 2. The Labute approximate surface area is 281 Å². The first-order valence-corrected chi connectivity index (χ1v) is 15.5. The average molecular weight is 668 g/mol. The zero-order valence-electron chi connectivity index (χ0n) is 27.5. The van der Waals surface area contributed by atoms with Crippen LogP contribution in [0.25, 0.3) is 10.4 Å². The SMILES string of the molecule is C#CCNC(=O)C(C)CCC(=O)Oc1ccccc1.CC(CCC(=O)Oc1ccccc1)C(=O)NCOCCOCCOCCN=[N+]=[N-]. The minimum absolute atomic E-state index is 0.0731. The molecule has 2 aromatic carbocycles. The van der Waals surface area contributed by atoms with Crippen molar-refractivity contribution in [3.63, 3.8) is 0 Å². The number of amides is 2. The molecule has 2 unspecified atom stereocenters. The standard InChI is InChI=1S/C19H28N4O6.C15H17NO3/c1-16(7-8-18(24)29-17-5-3-2-4-6-17)19(25)21-15-28-14-13-27-12-11-26-10-9-22-23-20;1-3-11-16-15(18)12(2)9-10-14(17)19-13-7-5-4-6-8-13/h2-6,16H,7-15H2,1H3,(H,21,25);1,4-8,12H,9-11H2,2H3,(H,16,18). The summed E-state index contributed by atoms with van der Waals surface area (Å²) in [5.74, 6) is 1.68. The van der Waals surface area contributed by atoms with Crippen molar-refractivity contribution < 1.29 is 42.9 Å². The minimum atomic E-state index is -0.369. The topological polar surface area (TPSA) is 187 Å². The van der Waals surface area contributed by atoms with Gasteiger partial charge in [0.05, 0.1) is 39.6 Å². The molecule has 0 spiro atoms. The van der Waals surface area contributed by atoms with Crippen molar-refractivity contribution in [2.45, 2.75) is 39.5 Å². The number of para-hydroxylation sites is 2. The van der Waals surface area contributed by atoms with Gasteiger partial charge in [-0.3, -0.25) is 19.2 Å². The average Bonchev–Trinajstić information content (AvgIpc) is 3.10. The molecule has 2 aromatic rings. The molecule has 0 saturated heterocycles. The zero-order valence-corrected chi connectivity index (χ0v) is 27.5. The first-order valence-electron chi connectivity index (χ1n) is 15.5. The highest BCUT2D eigenvalue weighted by Gasteiger charge is 2.16. The van der Waals surface area contributed by atoms with Crippen LogP contribution in [-0.2, 0) is 33.4 Å². The molecular weight excluding hydrogens is 622 g/mol. The molecule has 260 valence electrons. The van der Waals surface area contributed by atoms with E-state index < -0.39 is 0 Å². The van der Waals surface area contributed by atoms with Crippen LogP contribution in [0.5, 0.6) is 11.5 Å². The number of hydrogen-bond acceptors (Lipinski definition) is 10. The third-order valence-corrected chi connectivity index (χ3v) is 6.26. The summed E-state index contributed by atoms with van der Waals surface area (Å²) >= 11 is 0. The Kier molecular flexibility index (Phi) is 23.3. The second kappa shape index (κ2) is 27.2. The van der Waals surface area contributed by atoms with Crippen LogP contribution in [0.4, 0.5) is 0 Å². The lowest BCUT2D eigenvalue weighted by atomic mass is 10.1. The van der Waals surface area contributed by atoms with Gasteiger partial charge in [-0.2, -0.15) is 0 Å². The Hall–Kier alpha value is -4.93. The molecule has 0 aliphatic rings. The quantitative estimate of drug-likeness (QED) is 0.0271. The van der Waals surface area contributed by atoms with Crippen LogP contribution in [0.1, 0.15) is 39.5 Å². The molecular formula is C34H45N5O9. The van der Waals surface area contributed by atoms with Crippen molar-refractivity contribution in [3.05, 3.63) is 71.1 Å². The van der Waals surface area contributed by atoms with Gasteiger partial charge in [-0.05, 0) is 42.6 Å². The molecule has 0 aliphatic carbocycles. The summed E-state index contributed by atoms with van der Waals surface area (Å²) in [6.07, 6.45) is 6.22. The van der Waals surface area contributed by atoms with Gasteiger partial charge in [-0.25, -0.2) is 0 Å². The molecule has 14 heteroatoms. The van der Waals surface area contributed by atoms with Gasteiger partial charge in [0, 0.05) is 36.1 Å². The van der Waals surface area contributed by atoms with Gasteiger partial charge in [0.25, 0.3) is 0 Å². The monoisotopic (exact) mass is 667 g/mol. The Balaban J connectivity index is 0.000000524. The number of rotatable bonds is 22. The van der Waals surface area contributed by atoms with Crippen molar-refractivity contribution in [2.75, 3.05) is 52.9 Å².